The zero-order valence-electron chi connectivity index (χ0n) is 12.0. The van der Waals surface area contributed by atoms with Gasteiger partial charge in [-0.1, -0.05) is 19.9 Å². The summed E-state index contributed by atoms with van der Waals surface area (Å²) >= 11 is 0. The Labute approximate surface area is 112 Å². The number of nitrogens with one attached hydrogen (secondary N) is 1. The van der Waals surface area contributed by atoms with Gasteiger partial charge in [-0.05, 0) is 44.5 Å². The standard InChI is InChI=1S/C15H27N3/c1-14(2)7-6-9-16-11-12-18(3)13-15-8-4-5-10-17-15/h4-5,8,10,14,16H,6-7,9,11-13H2,1-3H3. The number of pyridine rings is 1. The van der Waals surface area contributed by atoms with Gasteiger partial charge in [-0.3, -0.25) is 9.88 Å². The topological polar surface area (TPSA) is 28.2 Å². The van der Waals surface area contributed by atoms with Crippen molar-refractivity contribution in [1.82, 2.24) is 15.2 Å². The van der Waals surface area contributed by atoms with E-state index in [-0.39, 0.29) is 0 Å². The van der Waals surface area contributed by atoms with E-state index >= 15 is 0 Å². The van der Waals surface area contributed by atoms with Gasteiger partial charge in [0.15, 0.2) is 0 Å². The van der Waals surface area contributed by atoms with Crippen molar-refractivity contribution in [2.45, 2.75) is 33.2 Å². The monoisotopic (exact) mass is 249 g/mol. The van der Waals surface area contributed by atoms with Crippen LogP contribution in [0.5, 0.6) is 0 Å². The number of hydrogen-bond donors (Lipinski definition) is 1. The van der Waals surface area contributed by atoms with Crippen molar-refractivity contribution in [1.29, 1.82) is 0 Å². The molecule has 1 N–H and O–H groups in total. The summed E-state index contributed by atoms with van der Waals surface area (Å²) in [6, 6.07) is 6.08. The van der Waals surface area contributed by atoms with Gasteiger partial charge >= 0.3 is 0 Å². The molecule has 3 heteroatoms. The molecular formula is C15H27N3. The second kappa shape index (κ2) is 9.06. The first-order chi connectivity index (χ1) is 8.68. The van der Waals surface area contributed by atoms with E-state index in [1.807, 2.05) is 18.3 Å². The van der Waals surface area contributed by atoms with E-state index in [4.69, 9.17) is 0 Å². The Kier molecular flexibility index (Phi) is 7.62. The summed E-state index contributed by atoms with van der Waals surface area (Å²) < 4.78 is 0. The Hall–Kier alpha value is -0.930. The number of likely N-dealkylation sites (N-methyl/N-ethyl adjacent to an activating group) is 1. The molecule has 0 saturated carbocycles. The first-order valence-corrected chi connectivity index (χ1v) is 6.97. The average Bonchev–Trinajstić information content (AvgIpc) is 2.34. The molecule has 1 aromatic heterocycles. The van der Waals surface area contributed by atoms with E-state index in [1.54, 1.807) is 0 Å². The number of nitrogens with zero attached hydrogens (tertiary/aromatic N) is 2. The van der Waals surface area contributed by atoms with Crippen LogP contribution >= 0.6 is 0 Å². The van der Waals surface area contributed by atoms with Crippen LogP contribution in [-0.2, 0) is 6.54 Å². The molecule has 3 nitrogen and oxygen atoms in total. The maximum Gasteiger partial charge on any atom is 0.0543 e. The summed E-state index contributed by atoms with van der Waals surface area (Å²) in [5.41, 5.74) is 1.14. The minimum Gasteiger partial charge on any atom is -0.315 e. The molecular weight excluding hydrogens is 222 g/mol. The Bertz CT molecular complexity index is 298. The molecule has 0 radical (unpaired) electrons. The first kappa shape index (κ1) is 15.1. The Morgan fingerprint density at radius 2 is 2.11 bits per heavy atom. The molecule has 0 spiro atoms. The highest BCUT2D eigenvalue weighted by molar-refractivity contribution is 5.02. The maximum atomic E-state index is 4.33. The van der Waals surface area contributed by atoms with Crippen molar-refractivity contribution in [2.24, 2.45) is 5.92 Å². The van der Waals surface area contributed by atoms with Crippen molar-refractivity contribution in [2.75, 3.05) is 26.7 Å². The summed E-state index contributed by atoms with van der Waals surface area (Å²) in [6.45, 7) is 8.74. The summed E-state index contributed by atoms with van der Waals surface area (Å²) in [4.78, 5) is 6.64. The van der Waals surface area contributed by atoms with Gasteiger partial charge in [-0.25, -0.2) is 0 Å². The fourth-order valence-corrected chi connectivity index (χ4v) is 1.88. The van der Waals surface area contributed by atoms with Crippen molar-refractivity contribution in [3.05, 3.63) is 30.1 Å². The van der Waals surface area contributed by atoms with Crippen LogP contribution in [0.15, 0.2) is 24.4 Å². The number of aromatic nitrogens is 1. The third kappa shape index (κ3) is 7.41. The van der Waals surface area contributed by atoms with E-state index < -0.39 is 0 Å². The normalized spacial score (nSPS) is 11.4. The Balaban J connectivity index is 2.02. The lowest BCUT2D eigenvalue weighted by Gasteiger charge is -2.16. The van der Waals surface area contributed by atoms with Gasteiger partial charge in [-0.2, -0.15) is 0 Å². The fraction of sp³-hybridized carbons (Fsp3) is 0.667. The van der Waals surface area contributed by atoms with E-state index in [1.165, 1.54) is 12.8 Å². The minimum atomic E-state index is 0.818. The Morgan fingerprint density at radius 1 is 1.28 bits per heavy atom. The molecule has 0 fully saturated rings. The molecule has 1 rings (SSSR count). The van der Waals surface area contributed by atoms with Gasteiger partial charge in [0.05, 0.1) is 5.69 Å². The van der Waals surface area contributed by atoms with Crippen LogP contribution in [0.3, 0.4) is 0 Å². The largest absolute Gasteiger partial charge is 0.315 e. The van der Waals surface area contributed by atoms with Crippen LogP contribution in [-0.4, -0.2) is 36.6 Å². The highest BCUT2D eigenvalue weighted by Gasteiger charge is 2.00. The predicted molar refractivity (Wildman–Crippen MR) is 77.5 cm³/mol. The van der Waals surface area contributed by atoms with Gasteiger partial charge < -0.3 is 5.32 Å². The van der Waals surface area contributed by atoms with Crippen LogP contribution in [0.2, 0.25) is 0 Å². The molecule has 0 atom stereocenters. The van der Waals surface area contributed by atoms with Crippen LogP contribution in [0.25, 0.3) is 0 Å². The Morgan fingerprint density at radius 3 is 2.78 bits per heavy atom. The average molecular weight is 249 g/mol. The van der Waals surface area contributed by atoms with Gasteiger partial charge in [0, 0.05) is 25.8 Å². The molecule has 0 aromatic carbocycles. The molecule has 1 aromatic rings. The molecule has 0 aliphatic carbocycles. The molecule has 0 bridgehead atoms. The summed E-state index contributed by atoms with van der Waals surface area (Å²) in [5.74, 6) is 0.818. The lowest BCUT2D eigenvalue weighted by molar-refractivity contribution is 0.320. The number of rotatable bonds is 9. The van der Waals surface area contributed by atoms with Crippen LogP contribution in [0, 0.1) is 5.92 Å². The second-order valence-electron chi connectivity index (χ2n) is 5.34. The smallest absolute Gasteiger partial charge is 0.0543 e. The van der Waals surface area contributed by atoms with E-state index in [0.717, 1.165) is 37.8 Å². The predicted octanol–water partition coefficient (Wildman–Crippen LogP) is 2.54. The molecule has 0 unspecified atom stereocenters. The van der Waals surface area contributed by atoms with Gasteiger partial charge in [0.1, 0.15) is 0 Å². The highest BCUT2D eigenvalue weighted by atomic mass is 15.1. The van der Waals surface area contributed by atoms with Crippen molar-refractivity contribution < 1.29 is 0 Å². The molecule has 0 aliphatic heterocycles. The molecule has 102 valence electrons. The number of hydrogen-bond acceptors (Lipinski definition) is 3. The zero-order valence-corrected chi connectivity index (χ0v) is 12.0. The summed E-state index contributed by atoms with van der Waals surface area (Å²) in [6.07, 6.45) is 4.45. The van der Waals surface area contributed by atoms with Crippen LogP contribution in [0.1, 0.15) is 32.4 Å². The van der Waals surface area contributed by atoms with Crippen LogP contribution in [0.4, 0.5) is 0 Å². The second-order valence-corrected chi connectivity index (χ2v) is 5.34. The van der Waals surface area contributed by atoms with Gasteiger partial charge in [0.25, 0.3) is 0 Å². The summed E-state index contributed by atoms with van der Waals surface area (Å²) in [7, 11) is 2.14. The third-order valence-electron chi connectivity index (χ3n) is 2.96. The van der Waals surface area contributed by atoms with E-state index in [2.05, 4.69) is 42.2 Å². The van der Waals surface area contributed by atoms with Crippen LogP contribution < -0.4 is 5.32 Å². The lowest BCUT2D eigenvalue weighted by Crippen LogP contribution is -2.29. The molecule has 18 heavy (non-hydrogen) atoms. The molecule has 0 saturated heterocycles. The van der Waals surface area contributed by atoms with Crippen molar-refractivity contribution in [3.63, 3.8) is 0 Å². The maximum absolute atomic E-state index is 4.33. The van der Waals surface area contributed by atoms with Crippen molar-refractivity contribution in [3.8, 4) is 0 Å². The first-order valence-electron chi connectivity index (χ1n) is 6.97. The molecule has 1 heterocycles. The quantitative estimate of drug-likeness (QED) is 0.682. The van der Waals surface area contributed by atoms with Gasteiger partial charge in [0.2, 0.25) is 0 Å². The summed E-state index contributed by atoms with van der Waals surface area (Å²) in [5, 5.41) is 3.50. The highest BCUT2D eigenvalue weighted by Crippen LogP contribution is 2.01. The SMILES string of the molecule is CC(C)CCCNCCN(C)Cc1ccccn1. The van der Waals surface area contributed by atoms with E-state index in [0.29, 0.717) is 0 Å². The van der Waals surface area contributed by atoms with E-state index in [9.17, 15) is 0 Å². The minimum absolute atomic E-state index is 0.818. The van der Waals surface area contributed by atoms with Gasteiger partial charge in [-0.15, -0.1) is 0 Å². The molecule has 0 amide bonds. The lowest BCUT2D eigenvalue weighted by atomic mass is 10.1. The molecule has 0 aliphatic rings. The third-order valence-corrected chi connectivity index (χ3v) is 2.96. The fourth-order valence-electron chi connectivity index (χ4n) is 1.88. The zero-order chi connectivity index (χ0) is 13.2. The van der Waals surface area contributed by atoms with Crippen molar-refractivity contribution >= 4 is 0 Å².